The molecule has 84 valence electrons. The van der Waals surface area contributed by atoms with E-state index in [-0.39, 0.29) is 5.25 Å². The van der Waals surface area contributed by atoms with Crippen molar-refractivity contribution >= 4 is 23.4 Å². The maximum Gasteiger partial charge on any atom is 0.236 e. The van der Waals surface area contributed by atoms with Gasteiger partial charge < -0.3 is 10.6 Å². The maximum atomic E-state index is 11.9. The summed E-state index contributed by atoms with van der Waals surface area (Å²) in [5.74, 6) is 1.38. The number of nitrogens with zero attached hydrogens (tertiary/aromatic N) is 1. The molecule has 2 atom stereocenters. The van der Waals surface area contributed by atoms with Crippen molar-refractivity contribution in [2.24, 2.45) is 0 Å². The number of benzene rings is 1. The van der Waals surface area contributed by atoms with Gasteiger partial charge in [-0.05, 0) is 18.1 Å². The number of hydrogen-bond acceptors (Lipinski definition) is 3. The summed E-state index contributed by atoms with van der Waals surface area (Å²) in [5.41, 5.74) is 7.75. The summed E-state index contributed by atoms with van der Waals surface area (Å²) >= 11 is 1.80. The smallest absolute Gasteiger partial charge is 0.236 e. The van der Waals surface area contributed by atoms with E-state index in [2.05, 4.69) is 0 Å². The zero-order valence-electron chi connectivity index (χ0n) is 8.93. The first kappa shape index (κ1) is 10.0. The Balaban J connectivity index is 1.81. The SMILES string of the molecule is Nc1ccccc1CN1C(=O)C2CC1CS2. The lowest BCUT2D eigenvalue weighted by atomic mass is 10.1. The van der Waals surface area contributed by atoms with Gasteiger partial charge in [-0.25, -0.2) is 0 Å². The lowest BCUT2D eigenvalue weighted by Gasteiger charge is -2.27. The molecule has 2 N–H and O–H groups in total. The summed E-state index contributed by atoms with van der Waals surface area (Å²) in [5, 5.41) is 0.218. The van der Waals surface area contributed by atoms with Crippen molar-refractivity contribution in [3.8, 4) is 0 Å². The van der Waals surface area contributed by atoms with Gasteiger partial charge in [0.1, 0.15) is 0 Å². The molecule has 1 amide bonds. The van der Waals surface area contributed by atoms with E-state index in [9.17, 15) is 4.79 Å². The standard InChI is InChI=1S/C12H14N2OS/c13-10-4-2-1-3-8(10)6-14-9-5-11(12(14)15)16-7-9/h1-4,9,11H,5-7,13H2. The topological polar surface area (TPSA) is 46.3 Å². The molecule has 0 aliphatic carbocycles. The molecule has 0 saturated carbocycles. The zero-order chi connectivity index (χ0) is 11.1. The van der Waals surface area contributed by atoms with E-state index in [1.807, 2.05) is 29.2 Å². The fourth-order valence-corrected chi connectivity index (χ4v) is 3.84. The van der Waals surface area contributed by atoms with E-state index >= 15 is 0 Å². The first-order valence-electron chi connectivity index (χ1n) is 5.51. The first-order valence-corrected chi connectivity index (χ1v) is 6.56. The Labute approximate surface area is 99.0 Å². The van der Waals surface area contributed by atoms with Crippen LogP contribution in [0.4, 0.5) is 5.69 Å². The third kappa shape index (κ3) is 1.48. The number of carbonyl (C=O) groups excluding carboxylic acids is 1. The minimum atomic E-state index is 0.218. The fourth-order valence-electron chi connectivity index (χ4n) is 2.43. The van der Waals surface area contributed by atoms with Crippen molar-refractivity contribution in [2.45, 2.75) is 24.3 Å². The summed E-state index contributed by atoms with van der Waals surface area (Å²) in [6.07, 6.45) is 1.02. The molecule has 3 rings (SSSR count). The lowest BCUT2D eigenvalue weighted by molar-refractivity contribution is -0.129. The van der Waals surface area contributed by atoms with Crippen LogP contribution in [0.15, 0.2) is 24.3 Å². The molecule has 2 aliphatic heterocycles. The highest BCUT2D eigenvalue weighted by atomic mass is 32.2. The molecule has 2 heterocycles. The number of thioether (sulfide) groups is 1. The Hall–Kier alpha value is -1.16. The van der Waals surface area contributed by atoms with Crippen molar-refractivity contribution in [1.29, 1.82) is 0 Å². The second-order valence-corrected chi connectivity index (χ2v) is 5.61. The molecule has 16 heavy (non-hydrogen) atoms. The molecule has 0 spiro atoms. The molecule has 2 fully saturated rings. The Morgan fingerprint density at radius 1 is 1.44 bits per heavy atom. The first-order chi connectivity index (χ1) is 7.75. The van der Waals surface area contributed by atoms with Crippen LogP contribution in [0, 0.1) is 0 Å². The van der Waals surface area contributed by atoms with Gasteiger partial charge in [0.05, 0.1) is 5.25 Å². The van der Waals surface area contributed by atoms with E-state index in [4.69, 9.17) is 5.73 Å². The van der Waals surface area contributed by atoms with Crippen molar-refractivity contribution in [1.82, 2.24) is 4.90 Å². The molecular weight excluding hydrogens is 220 g/mol. The highest BCUT2D eigenvalue weighted by Crippen LogP contribution is 2.39. The summed E-state index contributed by atoms with van der Waals surface area (Å²) in [6, 6.07) is 8.22. The minimum absolute atomic E-state index is 0.218. The van der Waals surface area contributed by atoms with Crippen LogP contribution < -0.4 is 5.73 Å². The second-order valence-electron chi connectivity index (χ2n) is 4.38. The molecule has 2 saturated heterocycles. The van der Waals surface area contributed by atoms with E-state index in [0.29, 0.717) is 18.5 Å². The molecule has 2 aliphatic rings. The van der Waals surface area contributed by atoms with Gasteiger partial charge in [-0.2, -0.15) is 0 Å². The van der Waals surface area contributed by atoms with Crippen LogP contribution in [-0.2, 0) is 11.3 Å². The number of amides is 1. The number of carbonyl (C=O) groups is 1. The second kappa shape index (κ2) is 3.70. The van der Waals surface area contributed by atoms with Crippen molar-refractivity contribution in [3.05, 3.63) is 29.8 Å². The van der Waals surface area contributed by atoms with E-state index < -0.39 is 0 Å². The van der Waals surface area contributed by atoms with Gasteiger partial charge in [0.2, 0.25) is 5.91 Å². The van der Waals surface area contributed by atoms with Gasteiger partial charge >= 0.3 is 0 Å². The third-order valence-corrected chi connectivity index (χ3v) is 4.74. The Morgan fingerprint density at radius 3 is 2.94 bits per heavy atom. The Bertz CT molecular complexity index is 435. The normalized spacial score (nSPS) is 27.8. The number of likely N-dealkylation sites (tertiary alicyclic amines) is 1. The summed E-state index contributed by atoms with van der Waals surface area (Å²) in [4.78, 5) is 13.9. The average molecular weight is 234 g/mol. The van der Waals surface area contributed by atoms with Crippen LogP contribution in [0.5, 0.6) is 0 Å². The number of fused-ring (bicyclic) bond motifs is 2. The van der Waals surface area contributed by atoms with E-state index in [1.165, 1.54) is 0 Å². The zero-order valence-corrected chi connectivity index (χ0v) is 9.74. The molecule has 2 unspecified atom stereocenters. The highest BCUT2D eigenvalue weighted by Gasteiger charge is 2.45. The molecule has 1 aromatic carbocycles. The van der Waals surface area contributed by atoms with Gasteiger partial charge in [0, 0.05) is 24.0 Å². The number of rotatable bonds is 2. The number of hydrogen-bond donors (Lipinski definition) is 1. The number of nitrogen functional groups attached to an aromatic ring is 1. The van der Waals surface area contributed by atoms with E-state index in [0.717, 1.165) is 23.4 Å². The highest BCUT2D eigenvalue weighted by molar-refractivity contribution is 8.01. The molecule has 0 aromatic heterocycles. The van der Waals surface area contributed by atoms with Gasteiger partial charge in [-0.3, -0.25) is 4.79 Å². The third-order valence-electron chi connectivity index (χ3n) is 3.37. The predicted molar refractivity (Wildman–Crippen MR) is 66.1 cm³/mol. The fraction of sp³-hybridized carbons (Fsp3) is 0.417. The molecular formula is C12H14N2OS. The van der Waals surface area contributed by atoms with Gasteiger partial charge in [0.15, 0.2) is 0 Å². The van der Waals surface area contributed by atoms with Crippen molar-refractivity contribution in [2.75, 3.05) is 11.5 Å². The van der Waals surface area contributed by atoms with Gasteiger partial charge in [0.25, 0.3) is 0 Å². The van der Waals surface area contributed by atoms with Gasteiger partial charge in [-0.15, -0.1) is 11.8 Å². The molecule has 1 aromatic rings. The predicted octanol–water partition coefficient (Wildman–Crippen LogP) is 1.49. The summed E-state index contributed by atoms with van der Waals surface area (Å²) in [6.45, 7) is 0.674. The van der Waals surface area contributed by atoms with Crippen LogP contribution in [0.2, 0.25) is 0 Å². The van der Waals surface area contributed by atoms with Crippen LogP contribution in [0.25, 0.3) is 0 Å². The van der Waals surface area contributed by atoms with Crippen LogP contribution in [0.3, 0.4) is 0 Å². The number of nitrogens with two attached hydrogens (primary N) is 1. The lowest BCUT2D eigenvalue weighted by Crippen LogP contribution is -2.38. The molecule has 2 bridgehead atoms. The summed E-state index contributed by atoms with van der Waals surface area (Å²) in [7, 11) is 0. The van der Waals surface area contributed by atoms with Crippen LogP contribution in [-0.4, -0.2) is 27.9 Å². The van der Waals surface area contributed by atoms with E-state index in [1.54, 1.807) is 11.8 Å². The van der Waals surface area contributed by atoms with Gasteiger partial charge in [-0.1, -0.05) is 18.2 Å². The van der Waals surface area contributed by atoms with Crippen molar-refractivity contribution in [3.63, 3.8) is 0 Å². The molecule has 0 radical (unpaired) electrons. The monoisotopic (exact) mass is 234 g/mol. The average Bonchev–Trinajstić information content (AvgIpc) is 2.85. The largest absolute Gasteiger partial charge is 0.398 e. The Kier molecular flexibility index (Phi) is 2.32. The maximum absolute atomic E-state index is 11.9. The van der Waals surface area contributed by atoms with Crippen LogP contribution >= 0.6 is 11.8 Å². The van der Waals surface area contributed by atoms with Crippen LogP contribution in [0.1, 0.15) is 12.0 Å². The quantitative estimate of drug-likeness (QED) is 0.789. The Morgan fingerprint density at radius 2 is 2.25 bits per heavy atom. The molecule has 4 heteroatoms. The minimum Gasteiger partial charge on any atom is -0.398 e. The van der Waals surface area contributed by atoms with Crippen molar-refractivity contribution < 1.29 is 4.79 Å². The number of anilines is 1. The molecule has 3 nitrogen and oxygen atoms in total. The summed E-state index contributed by atoms with van der Waals surface area (Å²) < 4.78 is 0. The number of para-hydroxylation sites is 1.